The fraction of sp³-hybridized carbons (Fsp3) is 0.600. The molecular weight excluding hydrogens is 336 g/mol. The van der Waals surface area contributed by atoms with Crippen LogP contribution >= 0.6 is 0 Å². The zero-order chi connectivity index (χ0) is 19.3. The van der Waals surface area contributed by atoms with Crippen molar-refractivity contribution in [2.45, 2.75) is 71.7 Å². The SMILES string of the molecule is CC[C@H]1O[C@H](OCc2ccccc2)[C@@](C)(OC(C)=O)[C@@H](OC(C)=O)[C@@H]1C. The number of carbonyl (C=O) groups excluding carboxylic acids is 2. The Balaban J connectivity index is 2.30. The zero-order valence-electron chi connectivity index (χ0n) is 16.1. The Morgan fingerprint density at radius 2 is 1.81 bits per heavy atom. The molecule has 26 heavy (non-hydrogen) atoms. The summed E-state index contributed by atoms with van der Waals surface area (Å²) < 4.78 is 23.2. The minimum absolute atomic E-state index is 0.148. The maximum absolute atomic E-state index is 11.8. The second-order valence-electron chi connectivity index (χ2n) is 6.88. The summed E-state index contributed by atoms with van der Waals surface area (Å²) in [6.45, 7) is 8.57. The predicted molar refractivity (Wildman–Crippen MR) is 95.1 cm³/mol. The molecule has 5 atom stereocenters. The topological polar surface area (TPSA) is 71.1 Å². The van der Waals surface area contributed by atoms with Crippen LogP contribution in [-0.2, 0) is 35.1 Å². The normalized spacial score (nSPS) is 31.3. The molecule has 0 unspecified atom stereocenters. The lowest BCUT2D eigenvalue weighted by molar-refractivity contribution is -0.329. The second-order valence-corrected chi connectivity index (χ2v) is 6.88. The number of carbonyl (C=O) groups is 2. The van der Waals surface area contributed by atoms with Gasteiger partial charge in [-0.05, 0) is 18.9 Å². The number of esters is 2. The second kappa shape index (κ2) is 8.64. The maximum Gasteiger partial charge on any atom is 0.303 e. The third kappa shape index (κ3) is 4.62. The summed E-state index contributed by atoms with van der Waals surface area (Å²) in [6.07, 6.45) is -0.968. The third-order valence-corrected chi connectivity index (χ3v) is 4.70. The lowest BCUT2D eigenvalue weighted by atomic mass is 9.81. The van der Waals surface area contributed by atoms with Crippen LogP contribution in [0.1, 0.15) is 46.6 Å². The van der Waals surface area contributed by atoms with Gasteiger partial charge in [0.05, 0.1) is 12.7 Å². The molecule has 0 aromatic heterocycles. The number of benzene rings is 1. The van der Waals surface area contributed by atoms with Crippen LogP contribution in [0.15, 0.2) is 30.3 Å². The van der Waals surface area contributed by atoms with Crippen LogP contribution in [0.3, 0.4) is 0 Å². The first-order valence-electron chi connectivity index (χ1n) is 8.95. The average Bonchev–Trinajstić information content (AvgIpc) is 2.58. The monoisotopic (exact) mass is 364 g/mol. The van der Waals surface area contributed by atoms with Crippen LogP contribution in [0.25, 0.3) is 0 Å². The van der Waals surface area contributed by atoms with Crippen molar-refractivity contribution in [1.29, 1.82) is 0 Å². The van der Waals surface area contributed by atoms with E-state index in [9.17, 15) is 9.59 Å². The lowest BCUT2D eigenvalue weighted by Gasteiger charge is -2.50. The first-order valence-corrected chi connectivity index (χ1v) is 8.95. The van der Waals surface area contributed by atoms with Gasteiger partial charge in [-0.2, -0.15) is 0 Å². The van der Waals surface area contributed by atoms with Crippen LogP contribution in [0.2, 0.25) is 0 Å². The van der Waals surface area contributed by atoms with E-state index in [2.05, 4.69) is 0 Å². The minimum Gasteiger partial charge on any atom is -0.458 e. The number of hydrogen-bond acceptors (Lipinski definition) is 6. The summed E-state index contributed by atoms with van der Waals surface area (Å²) in [5, 5.41) is 0. The smallest absolute Gasteiger partial charge is 0.303 e. The molecule has 1 aromatic carbocycles. The average molecular weight is 364 g/mol. The van der Waals surface area contributed by atoms with Crippen LogP contribution in [-0.4, -0.2) is 36.0 Å². The van der Waals surface area contributed by atoms with Crippen molar-refractivity contribution in [3.8, 4) is 0 Å². The summed E-state index contributed by atoms with van der Waals surface area (Å²) in [5.74, 6) is -1.06. The number of ether oxygens (including phenoxy) is 4. The van der Waals surface area contributed by atoms with Crippen molar-refractivity contribution in [2.24, 2.45) is 5.92 Å². The van der Waals surface area contributed by atoms with Gasteiger partial charge in [0.1, 0.15) is 0 Å². The Morgan fingerprint density at radius 3 is 2.35 bits per heavy atom. The van der Waals surface area contributed by atoms with Gasteiger partial charge in [-0.15, -0.1) is 0 Å². The molecule has 2 rings (SSSR count). The van der Waals surface area contributed by atoms with Gasteiger partial charge in [0.2, 0.25) is 6.29 Å². The highest BCUT2D eigenvalue weighted by Gasteiger charge is 2.57. The number of hydrogen-bond donors (Lipinski definition) is 0. The minimum atomic E-state index is -1.24. The van der Waals surface area contributed by atoms with Gasteiger partial charge in [-0.1, -0.05) is 44.2 Å². The summed E-state index contributed by atoms with van der Waals surface area (Å²) in [6, 6.07) is 9.65. The van der Waals surface area contributed by atoms with Gasteiger partial charge in [0.25, 0.3) is 0 Å². The predicted octanol–water partition coefficient (Wildman–Crippen LogP) is 3.23. The highest BCUT2D eigenvalue weighted by Crippen LogP contribution is 2.40. The Bertz CT molecular complexity index is 616. The fourth-order valence-corrected chi connectivity index (χ4v) is 3.51. The molecule has 1 heterocycles. The quantitative estimate of drug-likeness (QED) is 0.722. The van der Waals surface area contributed by atoms with E-state index in [1.54, 1.807) is 6.92 Å². The van der Waals surface area contributed by atoms with Crippen molar-refractivity contribution < 1.29 is 28.5 Å². The van der Waals surface area contributed by atoms with Gasteiger partial charge in [0.15, 0.2) is 11.7 Å². The van der Waals surface area contributed by atoms with E-state index in [1.165, 1.54) is 13.8 Å². The Hall–Kier alpha value is -1.92. The van der Waals surface area contributed by atoms with Crippen LogP contribution < -0.4 is 0 Å². The van der Waals surface area contributed by atoms with Gasteiger partial charge >= 0.3 is 11.9 Å². The van der Waals surface area contributed by atoms with Gasteiger partial charge in [0, 0.05) is 19.8 Å². The summed E-state index contributed by atoms with van der Waals surface area (Å²) in [5.41, 5.74) is -0.269. The molecule has 0 aliphatic carbocycles. The molecule has 144 valence electrons. The highest BCUT2D eigenvalue weighted by molar-refractivity contribution is 5.68. The molecule has 6 nitrogen and oxygen atoms in total. The molecule has 0 amide bonds. The maximum atomic E-state index is 11.8. The molecule has 0 bridgehead atoms. The molecule has 6 heteroatoms. The van der Waals surface area contributed by atoms with E-state index in [0.29, 0.717) is 6.61 Å². The Labute approximate surface area is 154 Å². The molecule has 0 radical (unpaired) electrons. The van der Waals surface area contributed by atoms with Gasteiger partial charge in [-0.25, -0.2) is 0 Å². The van der Waals surface area contributed by atoms with Crippen molar-refractivity contribution in [1.82, 2.24) is 0 Å². The number of rotatable bonds is 6. The van der Waals surface area contributed by atoms with Gasteiger partial charge in [-0.3, -0.25) is 9.59 Å². The van der Waals surface area contributed by atoms with Crippen LogP contribution in [0.4, 0.5) is 0 Å². The molecule has 1 aliphatic heterocycles. The Kier molecular flexibility index (Phi) is 6.78. The summed E-state index contributed by atoms with van der Waals surface area (Å²) in [7, 11) is 0. The van der Waals surface area contributed by atoms with E-state index < -0.39 is 29.9 Å². The standard InChI is InChI=1S/C20H28O6/c1-6-17-13(2)18(24-14(3)21)20(5,26-15(4)22)19(25-17)23-12-16-10-8-7-9-11-16/h7-11,13,17-19H,6,12H2,1-5H3/t13-,17-,18+,19+,20+/m1/s1. The highest BCUT2D eigenvalue weighted by atomic mass is 16.7. The van der Waals surface area contributed by atoms with Crippen molar-refractivity contribution >= 4 is 11.9 Å². The van der Waals surface area contributed by atoms with E-state index in [0.717, 1.165) is 12.0 Å². The molecular formula is C20H28O6. The first-order chi connectivity index (χ1) is 12.3. The van der Waals surface area contributed by atoms with E-state index in [4.69, 9.17) is 18.9 Å². The van der Waals surface area contributed by atoms with E-state index >= 15 is 0 Å². The fourth-order valence-electron chi connectivity index (χ4n) is 3.51. The molecule has 1 aliphatic rings. The summed E-state index contributed by atoms with van der Waals surface area (Å²) >= 11 is 0. The van der Waals surface area contributed by atoms with Crippen molar-refractivity contribution in [3.63, 3.8) is 0 Å². The van der Waals surface area contributed by atoms with E-state index in [-0.39, 0.29) is 12.0 Å². The molecule has 1 saturated heterocycles. The molecule has 1 aromatic rings. The van der Waals surface area contributed by atoms with Gasteiger partial charge < -0.3 is 18.9 Å². The molecule has 0 saturated carbocycles. The largest absolute Gasteiger partial charge is 0.458 e. The van der Waals surface area contributed by atoms with Crippen molar-refractivity contribution in [2.75, 3.05) is 0 Å². The first kappa shape index (κ1) is 20.4. The van der Waals surface area contributed by atoms with Crippen LogP contribution in [0, 0.1) is 5.92 Å². The summed E-state index contributed by atoms with van der Waals surface area (Å²) in [4.78, 5) is 23.4. The third-order valence-electron chi connectivity index (χ3n) is 4.70. The Morgan fingerprint density at radius 1 is 1.15 bits per heavy atom. The van der Waals surface area contributed by atoms with E-state index in [1.807, 2.05) is 44.2 Å². The van der Waals surface area contributed by atoms with Crippen LogP contribution in [0.5, 0.6) is 0 Å². The zero-order valence-corrected chi connectivity index (χ0v) is 16.1. The molecule has 1 fully saturated rings. The van der Waals surface area contributed by atoms with Crippen molar-refractivity contribution in [3.05, 3.63) is 35.9 Å². The molecule has 0 N–H and O–H groups in total. The molecule has 0 spiro atoms. The lowest BCUT2D eigenvalue weighted by Crippen LogP contribution is -2.64.